The number of likely N-dealkylation sites (N-methyl/N-ethyl adjacent to an activating group) is 1. The lowest BCUT2D eigenvalue weighted by Crippen LogP contribution is -2.50. The minimum atomic E-state index is -3.70. The molecule has 0 spiro atoms. The number of hydrogen-bond donors (Lipinski definition) is 3. The van der Waals surface area contributed by atoms with E-state index in [1.165, 1.54) is 15.4 Å². The van der Waals surface area contributed by atoms with Gasteiger partial charge in [-0.15, -0.1) is 10.2 Å². The molecule has 6 rings (SSSR count). The molecule has 0 radical (unpaired) electrons. The van der Waals surface area contributed by atoms with Crippen LogP contribution >= 0.6 is 0 Å². The maximum absolute atomic E-state index is 14.2. The predicted molar refractivity (Wildman–Crippen MR) is 209 cm³/mol. The van der Waals surface area contributed by atoms with Crippen molar-refractivity contribution in [3.8, 4) is 22.5 Å². The number of hydrogen-bond acceptors (Lipinski definition) is 12. The largest absolute Gasteiger partial charge is 0.444 e. The van der Waals surface area contributed by atoms with Crippen LogP contribution in [0.15, 0.2) is 71.9 Å². The van der Waals surface area contributed by atoms with Gasteiger partial charge in [-0.25, -0.2) is 18.1 Å². The van der Waals surface area contributed by atoms with Crippen LogP contribution in [0.25, 0.3) is 22.5 Å². The number of imide groups is 1. The summed E-state index contributed by atoms with van der Waals surface area (Å²) < 4.78 is 33.6. The number of tetrazole rings is 1. The third-order valence-corrected chi connectivity index (χ3v) is 12.0. The fourth-order valence-electron chi connectivity index (χ4n) is 6.98. The van der Waals surface area contributed by atoms with Gasteiger partial charge in [0.05, 0.1) is 11.7 Å². The van der Waals surface area contributed by atoms with Crippen LogP contribution in [0.5, 0.6) is 0 Å². The van der Waals surface area contributed by atoms with Crippen LogP contribution in [0.4, 0.5) is 10.5 Å². The van der Waals surface area contributed by atoms with Gasteiger partial charge in [0.2, 0.25) is 21.8 Å². The van der Waals surface area contributed by atoms with Gasteiger partial charge < -0.3 is 20.7 Å². The number of carbonyl (C=O) groups is 3. The van der Waals surface area contributed by atoms with Gasteiger partial charge in [0.15, 0.2) is 0 Å². The predicted octanol–water partition coefficient (Wildman–Crippen LogP) is 3.63. The van der Waals surface area contributed by atoms with E-state index in [2.05, 4.69) is 35.8 Å². The van der Waals surface area contributed by atoms with E-state index in [0.29, 0.717) is 81.0 Å². The number of sulfonamides is 1. The average molecular weight is 787 g/mol. The highest BCUT2D eigenvalue weighted by molar-refractivity contribution is 7.89. The highest BCUT2D eigenvalue weighted by Crippen LogP contribution is 2.32. The van der Waals surface area contributed by atoms with Gasteiger partial charge in [0.1, 0.15) is 10.5 Å². The third kappa shape index (κ3) is 10.0. The highest BCUT2D eigenvalue weighted by Gasteiger charge is 2.36. The maximum Gasteiger partial charge on any atom is 0.407 e. The van der Waals surface area contributed by atoms with Crippen molar-refractivity contribution in [2.45, 2.75) is 69.4 Å². The molecule has 298 valence electrons. The lowest BCUT2D eigenvalue weighted by molar-refractivity contribution is -0.130. The summed E-state index contributed by atoms with van der Waals surface area (Å²) in [5.74, 6) is -0.727. The minimum absolute atomic E-state index is 0.136. The molecule has 0 bridgehead atoms. The Morgan fingerprint density at radius 2 is 1.61 bits per heavy atom. The molecular formula is C39H50N10O6S. The SMILES string of the molecule is CN1CCN(S(=O)(=O)c2cncc(-c3ccc(C[C@H](N)C(=O)N(C(=O)C4CCC(CNC(=O)OC(C)(C)C)CC4)c4ccc(-c5nn[nH]n5)cc4)cc3)c2)CC1. The van der Waals surface area contributed by atoms with E-state index in [1.807, 2.05) is 52.1 Å². The minimum Gasteiger partial charge on any atom is -0.444 e. The molecule has 0 unspecified atom stereocenters. The highest BCUT2D eigenvalue weighted by atomic mass is 32.2. The zero-order chi connectivity index (χ0) is 40.0. The number of carbonyl (C=O) groups excluding carboxylic acids is 3. The van der Waals surface area contributed by atoms with Crippen molar-refractivity contribution >= 4 is 33.6 Å². The number of anilines is 1. The summed E-state index contributed by atoms with van der Waals surface area (Å²) in [5.41, 5.74) is 9.18. The second-order valence-electron chi connectivity index (χ2n) is 15.5. The first-order valence-corrected chi connectivity index (χ1v) is 20.3. The summed E-state index contributed by atoms with van der Waals surface area (Å²) >= 11 is 0. The molecule has 2 aromatic carbocycles. The van der Waals surface area contributed by atoms with Crippen molar-refractivity contribution in [1.82, 2.24) is 40.1 Å². The van der Waals surface area contributed by atoms with Gasteiger partial charge in [0.25, 0.3) is 5.91 Å². The standard InChI is InChI=1S/C39H50N10O6S/c1-39(2,3)55-38(52)42-23-27-7-11-30(12-8-27)36(50)49(32-15-13-29(14-16-32)35-43-45-46-44-35)37(51)34(40)21-26-5-9-28(10-6-26)31-22-33(25-41-24-31)56(53,54)48-19-17-47(4)18-20-48/h5-6,9-10,13-16,22,24-25,27,30,34H,7-8,11-12,17-21,23,40H2,1-4H3,(H,42,52)(H,43,44,45,46)/t27?,30?,34-/m0/s1. The number of alkyl carbamates (subject to hydrolysis) is 1. The number of nitrogens with one attached hydrogen (secondary N) is 2. The number of pyridine rings is 1. The van der Waals surface area contributed by atoms with Gasteiger partial charge in [-0.1, -0.05) is 24.3 Å². The normalized spacial score (nSPS) is 18.9. The van der Waals surface area contributed by atoms with Crippen LogP contribution in [-0.2, 0) is 30.8 Å². The Morgan fingerprint density at radius 1 is 0.946 bits per heavy atom. The van der Waals surface area contributed by atoms with Crippen LogP contribution in [0, 0.1) is 11.8 Å². The first kappa shape index (κ1) is 40.6. The molecule has 4 aromatic rings. The lowest BCUT2D eigenvalue weighted by Gasteiger charge is -2.32. The Balaban J connectivity index is 1.14. The Bertz CT molecular complexity index is 2070. The number of aromatic nitrogens is 5. The molecule has 1 aliphatic carbocycles. The molecule has 1 saturated carbocycles. The van der Waals surface area contributed by atoms with E-state index in [1.54, 1.807) is 36.5 Å². The molecule has 56 heavy (non-hydrogen) atoms. The van der Waals surface area contributed by atoms with Crippen LogP contribution in [0.3, 0.4) is 0 Å². The fraction of sp³-hybridized carbons (Fsp3) is 0.462. The number of piperazine rings is 1. The Labute approximate surface area is 327 Å². The second kappa shape index (κ2) is 17.4. The van der Waals surface area contributed by atoms with Crippen molar-refractivity contribution in [3.63, 3.8) is 0 Å². The third-order valence-electron chi connectivity index (χ3n) is 10.2. The topological polar surface area (TPSA) is 210 Å². The van der Waals surface area contributed by atoms with E-state index in [-0.39, 0.29) is 23.1 Å². The summed E-state index contributed by atoms with van der Waals surface area (Å²) in [6.07, 6.45) is 5.17. The number of aromatic amines is 1. The summed E-state index contributed by atoms with van der Waals surface area (Å²) in [7, 11) is -1.73. The average Bonchev–Trinajstić information content (AvgIpc) is 3.73. The fourth-order valence-corrected chi connectivity index (χ4v) is 8.39. The van der Waals surface area contributed by atoms with Gasteiger partial charge in [-0.3, -0.25) is 14.6 Å². The van der Waals surface area contributed by atoms with Gasteiger partial charge in [-0.05, 0) is 113 Å². The smallest absolute Gasteiger partial charge is 0.407 e. The van der Waals surface area contributed by atoms with Crippen molar-refractivity contribution in [2.24, 2.45) is 17.6 Å². The van der Waals surface area contributed by atoms with E-state index in [0.717, 1.165) is 11.1 Å². The van der Waals surface area contributed by atoms with E-state index in [9.17, 15) is 22.8 Å². The number of benzene rings is 2. The van der Waals surface area contributed by atoms with E-state index >= 15 is 0 Å². The van der Waals surface area contributed by atoms with Crippen molar-refractivity contribution in [3.05, 3.63) is 72.6 Å². The maximum atomic E-state index is 14.2. The van der Waals surface area contributed by atoms with Gasteiger partial charge in [0, 0.05) is 62.2 Å². The molecule has 4 N–H and O–H groups in total. The molecule has 2 aromatic heterocycles. The number of nitrogens with zero attached hydrogens (tertiary/aromatic N) is 7. The molecule has 16 nitrogen and oxygen atoms in total. The van der Waals surface area contributed by atoms with Crippen molar-refractivity contribution < 1.29 is 27.5 Å². The van der Waals surface area contributed by atoms with Crippen LogP contribution in [0.2, 0.25) is 0 Å². The molecular weight excluding hydrogens is 737 g/mol. The lowest BCUT2D eigenvalue weighted by atomic mass is 9.81. The number of rotatable bonds is 11. The number of amides is 3. The molecule has 3 heterocycles. The zero-order valence-corrected chi connectivity index (χ0v) is 33.0. The summed E-state index contributed by atoms with van der Waals surface area (Å²) in [5, 5.41) is 16.9. The molecule has 1 atom stereocenters. The Kier molecular flexibility index (Phi) is 12.6. The zero-order valence-electron chi connectivity index (χ0n) is 32.2. The Morgan fingerprint density at radius 3 is 2.23 bits per heavy atom. The van der Waals surface area contributed by atoms with Crippen molar-refractivity contribution in [1.29, 1.82) is 0 Å². The second-order valence-corrected chi connectivity index (χ2v) is 17.5. The Hall–Kier alpha value is -5.10. The molecule has 1 saturated heterocycles. The summed E-state index contributed by atoms with van der Waals surface area (Å²) in [4.78, 5) is 48.2. The number of ether oxygens (including phenoxy) is 1. The van der Waals surface area contributed by atoms with Crippen molar-refractivity contribution in [2.75, 3.05) is 44.7 Å². The quantitative estimate of drug-likeness (QED) is 0.199. The van der Waals surface area contributed by atoms with E-state index in [4.69, 9.17) is 10.5 Å². The van der Waals surface area contributed by atoms with Crippen LogP contribution in [0.1, 0.15) is 52.0 Å². The molecule has 1 aliphatic heterocycles. The van der Waals surface area contributed by atoms with Crippen LogP contribution in [-0.4, -0.2) is 113 Å². The van der Waals surface area contributed by atoms with Crippen LogP contribution < -0.4 is 16.0 Å². The number of nitrogens with two attached hydrogens (primary N) is 1. The molecule has 3 amide bonds. The van der Waals surface area contributed by atoms with Gasteiger partial charge >= 0.3 is 6.09 Å². The summed E-state index contributed by atoms with van der Waals surface area (Å²) in [6.45, 7) is 8.03. The summed E-state index contributed by atoms with van der Waals surface area (Å²) in [6, 6.07) is 14.7. The van der Waals surface area contributed by atoms with Gasteiger partial charge in [-0.2, -0.15) is 9.52 Å². The molecule has 2 aliphatic rings. The molecule has 2 fully saturated rings. The number of H-pyrrole nitrogens is 1. The first-order chi connectivity index (χ1) is 26.7. The monoisotopic (exact) mass is 786 g/mol. The first-order valence-electron chi connectivity index (χ1n) is 18.8. The van der Waals surface area contributed by atoms with E-state index < -0.39 is 39.6 Å². The molecule has 17 heteroatoms.